The molecule has 0 aromatic carbocycles. The van der Waals surface area contributed by atoms with Crippen molar-refractivity contribution in [3.8, 4) is 0 Å². The molecule has 2 aliphatic heterocycles. The molecule has 1 amide bonds. The van der Waals surface area contributed by atoms with Crippen molar-refractivity contribution in [2.75, 3.05) is 32.8 Å². The van der Waals surface area contributed by atoms with Gasteiger partial charge in [0.2, 0.25) is 0 Å². The van der Waals surface area contributed by atoms with E-state index < -0.39 is 5.60 Å². The van der Waals surface area contributed by atoms with Gasteiger partial charge < -0.3 is 19.7 Å². The molecule has 0 bridgehead atoms. The van der Waals surface area contributed by atoms with Gasteiger partial charge in [-0.05, 0) is 46.2 Å². The molecule has 0 aromatic heterocycles. The average Bonchev–Trinajstić information content (AvgIpc) is 2.22. The van der Waals surface area contributed by atoms with E-state index in [1.54, 1.807) is 4.90 Å². The van der Waals surface area contributed by atoms with Crippen molar-refractivity contribution in [3.05, 3.63) is 0 Å². The normalized spacial score (nSPS) is 25.7. The number of rotatable bonds is 2. The number of morpholine rings is 1. The summed E-state index contributed by atoms with van der Waals surface area (Å²) in [5.74, 6) is 0.702. The van der Waals surface area contributed by atoms with E-state index in [1.807, 2.05) is 20.8 Å². The van der Waals surface area contributed by atoms with Crippen molar-refractivity contribution in [2.45, 2.75) is 38.9 Å². The fraction of sp³-hybridized carbons (Fsp3) is 0.923. The molecule has 0 spiro atoms. The molecule has 2 fully saturated rings. The fourth-order valence-corrected chi connectivity index (χ4v) is 2.24. The molecule has 2 aliphatic rings. The molecule has 5 nitrogen and oxygen atoms in total. The number of amides is 1. The molecule has 1 unspecified atom stereocenters. The van der Waals surface area contributed by atoms with Crippen LogP contribution in [0.5, 0.6) is 0 Å². The zero-order valence-electron chi connectivity index (χ0n) is 11.6. The van der Waals surface area contributed by atoms with Gasteiger partial charge in [-0.2, -0.15) is 0 Å². The molecule has 1 atom stereocenters. The van der Waals surface area contributed by atoms with Crippen LogP contribution < -0.4 is 5.32 Å². The highest BCUT2D eigenvalue weighted by atomic mass is 16.6. The number of carbonyl (C=O) groups is 1. The Morgan fingerprint density at radius 1 is 1.44 bits per heavy atom. The maximum Gasteiger partial charge on any atom is 0.410 e. The van der Waals surface area contributed by atoms with Crippen molar-refractivity contribution in [2.24, 2.45) is 5.92 Å². The molecule has 0 saturated carbocycles. The minimum atomic E-state index is -0.428. The number of hydrogen-bond donors (Lipinski definition) is 1. The van der Waals surface area contributed by atoms with E-state index in [4.69, 9.17) is 9.47 Å². The Morgan fingerprint density at radius 3 is 2.72 bits per heavy atom. The van der Waals surface area contributed by atoms with Crippen LogP contribution in [0.4, 0.5) is 4.79 Å². The summed E-state index contributed by atoms with van der Waals surface area (Å²) >= 11 is 0. The van der Waals surface area contributed by atoms with Crippen LogP contribution in [0.25, 0.3) is 0 Å². The summed E-state index contributed by atoms with van der Waals surface area (Å²) in [6.45, 7) is 9.73. The minimum absolute atomic E-state index is 0.165. The van der Waals surface area contributed by atoms with E-state index >= 15 is 0 Å². The van der Waals surface area contributed by atoms with Gasteiger partial charge in [-0.25, -0.2) is 4.79 Å². The van der Waals surface area contributed by atoms with E-state index in [9.17, 15) is 4.79 Å². The largest absolute Gasteiger partial charge is 0.444 e. The lowest BCUT2D eigenvalue weighted by molar-refractivity contribution is -0.0517. The Bertz CT molecular complexity index is 297. The molecule has 2 rings (SSSR count). The van der Waals surface area contributed by atoms with Crippen LogP contribution in [0.1, 0.15) is 27.2 Å². The van der Waals surface area contributed by atoms with Gasteiger partial charge >= 0.3 is 6.09 Å². The van der Waals surface area contributed by atoms with Crippen molar-refractivity contribution in [1.82, 2.24) is 10.2 Å². The molecule has 0 aliphatic carbocycles. The Hall–Kier alpha value is -0.810. The van der Waals surface area contributed by atoms with E-state index in [-0.39, 0.29) is 12.2 Å². The number of ether oxygens (including phenoxy) is 2. The first-order valence-corrected chi connectivity index (χ1v) is 6.74. The van der Waals surface area contributed by atoms with Crippen LogP contribution in [0.15, 0.2) is 0 Å². The third-order valence-electron chi connectivity index (χ3n) is 3.25. The highest BCUT2D eigenvalue weighted by Gasteiger charge is 2.30. The summed E-state index contributed by atoms with van der Waals surface area (Å²) < 4.78 is 11.1. The van der Waals surface area contributed by atoms with Gasteiger partial charge in [0, 0.05) is 6.54 Å². The molecule has 0 radical (unpaired) electrons. The monoisotopic (exact) mass is 256 g/mol. The third-order valence-corrected chi connectivity index (χ3v) is 3.25. The average molecular weight is 256 g/mol. The van der Waals surface area contributed by atoms with Crippen molar-refractivity contribution in [3.63, 3.8) is 0 Å². The van der Waals surface area contributed by atoms with Gasteiger partial charge in [-0.1, -0.05) is 0 Å². The SMILES string of the molecule is CC(C)(C)OC(=O)N1CCOC(CC2CNC2)C1. The smallest absolute Gasteiger partial charge is 0.410 e. The molecule has 18 heavy (non-hydrogen) atoms. The van der Waals surface area contributed by atoms with Gasteiger partial charge in [-0.15, -0.1) is 0 Å². The first-order valence-electron chi connectivity index (χ1n) is 6.74. The van der Waals surface area contributed by atoms with Crippen LogP contribution in [0.3, 0.4) is 0 Å². The van der Waals surface area contributed by atoms with Gasteiger partial charge in [0.1, 0.15) is 5.60 Å². The van der Waals surface area contributed by atoms with Gasteiger partial charge in [0.25, 0.3) is 0 Å². The summed E-state index contributed by atoms with van der Waals surface area (Å²) in [4.78, 5) is 13.7. The van der Waals surface area contributed by atoms with E-state index in [0.29, 0.717) is 25.6 Å². The number of nitrogens with zero attached hydrogens (tertiary/aromatic N) is 1. The van der Waals surface area contributed by atoms with E-state index in [0.717, 1.165) is 19.5 Å². The summed E-state index contributed by atoms with van der Waals surface area (Å²) in [6, 6.07) is 0. The zero-order valence-corrected chi connectivity index (χ0v) is 11.6. The molecule has 104 valence electrons. The Morgan fingerprint density at radius 2 is 2.17 bits per heavy atom. The van der Waals surface area contributed by atoms with E-state index in [2.05, 4.69) is 5.32 Å². The van der Waals surface area contributed by atoms with Crippen LogP contribution >= 0.6 is 0 Å². The predicted molar refractivity (Wildman–Crippen MR) is 68.5 cm³/mol. The summed E-state index contributed by atoms with van der Waals surface area (Å²) in [7, 11) is 0. The van der Waals surface area contributed by atoms with Crippen LogP contribution in [0.2, 0.25) is 0 Å². The van der Waals surface area contributed by atoms with Crippen molar-refractivity contribution in [1.29, 1.82) is 0 Å². The number of nitrogens with one attached hydrogen (secondary N) is 1. The molecule has 2 saturated heterocycles. The lowest BCUT2D eigenvalue weighted by atomic mass is 9.95. The second kappa shape index (κ2) is 5.45. The minimum Gasteiger partial charge on any atom is -0.444 e. The van der Waals surface area contributed by atoms with Gasteiger partial charge in [0.05, 0.1) is 19.3 Å². The van der Waals surface area contributed by atoms with Crippen molar-refractivity contribution >= 4 is 6.09 Å². The van der Waals surface area contributed by atoms with Crippen LogP contribution in [0, 0.1) is 5.92 Å². The lowest BCUT2D eigenvalue weighted by Crippen LogP contribution is -2.50. The standard InChI is InChI=1S/C13H24N2O3/c1-13(2,3)18-12(16)15-4-5-17-11(9-15)6-10-7-14-8-10/h10-11,14H,4-9H2,1-3H3. The molecular weight excluding hydrogens is 232 g/mol. The quantitative estimate of drug-likeness (QED) is 0.807. The van der Waals surface area contributed by atoms with Gasteiger partial charge in [0.15, 0.2) is 0 Å². The molecule has 5 heteroatoms. The number of carbonyl (C=O) groups excluding carboxylic acids is 1. The Balaban J connectivity index is 1.80. The van der Waals surface area contributed by atoms with Crippen LogP contribution in [-0.4, -0.2) is 55.5 Å². The fourth-order valence-electron chi connectivity index (χ4n) is 2.24. The first-order chi connectivity index (χ1) is 8.44. The second-order valence-electron chi connectivity index (χ2n) is 6.18. The Kier molecular flexibility index (Phi) is 4.12. The highest BCUT2D eigenvalue weighted by Crippen LogP contribution is 2.19. The Labute approximate surface area is 109 Å². The first kappa shape index (κ1) is 13.6. The predicted octanol–water partition coefficient (Wildman–Crippen LogP) is 1.23. The summed E-state index contributed by atoms with van der Waals surface area (Å²) in [5, 5.41) is 3.26. The topological polar surface area (TPSA) is 50.8 Å². The molecular formula is C13H24N2O3. The molecule has 0 aromatic rings. The van der Waals surface area contributed by atoms with Crippen molar-refractivity contribution < 1.29 is 14.3 Å². The number of hydrogen-bond acceptors (Lipinski definition) is 4. The lowest BCUT2D eigenvalue weighted by Gasteiger charge is -2.37. The second-order valence-corrected chi connectivity index (χ2v) is 6.18. The molecule has 1 N–H and O–H groups in total. The summed E-state index contributed by atoms with van der Waals surface area (Å²) in [5.41, 5.74) is -0.428. The highest BCUT2D eigenvalue weighted by molar-refractivity contribution is 5.68. The maximum absolute atomic E-state index is 12.0. The van der Waals surface area contributed by atoms with Gasteiger partial charge in [-0.3, -0.25) is 0 Å². The maximum atomic E-state index is 12.0. The van der Waals surface area contributed by atoms with E-state index in [1.165, 1.54) is 0 Å². The van der Waals surface area contributed by atoms with Crippen LogP contribution in [-0.2, 0) is 9.47 Å². The summed E-state index contributed by atoms with van der Waals surface area (Å²) in [6.07, 6.45) is 0.979. The third kappa shape index (κ3) is 3.85. The zero-order chi connectivity index (χ0) is 13.2. The molecule has 2 heterocycles.